The summed E-state index contributed by atoms with van der Waals surface area (Å²) in [6, 6.07) is 3.59. The number of aryl methyl sites for hydroxylation is 3. The molecule has 0 aliphatic heterocycles. The number of nitrogens with one attached hydrogen (secondary N) is 1. The van der Waals surface area contributed by atoms with E-state index >= 15 is 0 Å². The van der Waals surface area contributed by atoms with Crippen molar-refractivity contribution >= 4 is 50.6 Å². The van der Waals surface area contributed by atoms with Gasteiger partial charge in [0.2, 0.25) is 0 Å². The maximum Gasteiger partial charge on any atom is 0.325 e. The Hall–Kier alpha value is -2.52. The van der Waals surface area contributed by atoms with Gasteiger partial charge in [-0.3, -0.25) is 9.59 Å². The minimum Gasteiger partial charge on any atom is -0.456 e. The highest BCUT2D eigenvalue weighted by Gasteiger charge is 2.19. The number of esters is 1. The Labute approximate surface area is 176 Å². The maximum atomic E-state index is 12.0. The van der Waals surface area contributed by atoms with Crippen LogP contribution in [-0.4, -0.2) is 28.4 Å². The quantitative estimate of drug-likeness (QED) is 0.475. The molecule has 152 valence electrons. The summed E-state index contributed by atoms with van der Waals surface area (Å²) in [6.45, 7) is 1.64. The number of nitrogens with zero attached hydrogens (tertiary/aromatic N) is 2. The topological polar surface area (TPSA) is 107 Å². The van der Waals surface area contributed by atoms with E-state index in [1.807, 2.05) is 13.0 Å². The van der Waals surface area contributed by atoms with E-state index in [9.17, 15) is 9.59 Å². The molecule has 0 radical (unpaired) electrons. The first kappa shape index (κ1) is 19.8. The molecule has 29 heavy (non-hydrogen) atoms. The SMILES string of the molecule is Cc1ccc(C(=O)NCC(=O)OCc2nc(N)c3c4c(sc3n2)CCCCC4)s1. The number of hydrogen-bond donors (Lipinski definition) is 2. The molecule has 7 nitrogen and oxygen atoms in total. The summed E-state index contributed by atoms with van der Waals surface area (Å²) in [5.74, 6) is -0.0142. The van der Waals surface area contributed by atoms with Gasteiger partial charge in [0.05, 0.1) is 10.3 Å². The van der Waals surface area contributed by atoms with Crippen LogP contribution >= 0.6 is 22.7 Å². The number of rotatable bonds is 5. The van der Waals surface area contributed by atoms with Crippen molar-refractivity contribution < 1.29 is 14.3 Å². The Bertz CT molecular complexity index is 1070. The van der Waals surface area contributed by atoms with Gasteiger partial charge in [-0.05, 0) is 50.3 Å². The van der Waals surface area contributed by atoms with Gasteiger partial charge in [0.25, 0.3) is 5.91 Å². The van der Waals surface area contributed by atoms with Crippen LogP contribution in [0.15, 0.2) is 12.1 Å². The van der Waals surface area contributed by atoms with Crippen molar-refractivity contribution in [2.75, 3.05) is 12.3 Å². The summed E-state index contributed by atoms with van der Waals surface area (Å²) < 4.78 is 5.22. The van der Waals surface area contributed by atoms with Gasteiger partial charge >= 0.3 is 5.97 Å². The van der Waals surface area contributed by atoms with Crippen molar-refractivity contribution in [1.82, 2.24) is 15.3 Å². The highest BCUT2D eigenvalue weighted by atomic mass is 32.1. The van der Waals surface area contributed by atoms with E-state index in [1.54, 1.807) is 17.4 Å². The van der Waals surface area contributed by atoms with Crippen LogP contribution in [0.2, 0.25) is 0 Å². The molecule has 0 fully saturated rings. The van der Waals surface area contributed by atoms with Gasteiger partial charge in [-0.2, -0.15) is 0 Å². The zero-order chi connectivity index (χ0) is 20.4. The highest BCUT2D eigenvalue weighted by molar-refractivity contribution is 7.19. The molecule has 1 aliphatic carbocycles. The molecule has 0 saturated heterocycles. The average molecular weight is 431 g/mol. The molecule has 4 rings (SSSR count). The number of ether oxygens (including phenoxy) is 1. The van der Waals surface area contributed by atoms with Crippen LogP contribution in [0.5, 0.6) is 0 Å². The fourth-order valence-corrected chi connectivity index (χ4v) is 5.54. The predicted octanol–water partition coefficient (Wildman–Crippen LogP) is 3.39. The minimum absolute atomic E-state index is 0.0739. The number of carbonyl (C=O) groups is 2. The smallest absolute Gasteiger partial charge is 0.325 e. The first-order valence-electron chi connectivity index (χ1n) is 9.58. The van der Waals surface area contributed by atoms with Gasteiger partial charge in [0.15, 0.2) is 12.4 Å². The molecule has 9 heteroatoms. The van der Waals surface area contributed by atoms with Crippen molar-refractivity contribution in [3.63, 3.8) is 0 Å². The second-order valence-corrected chi connectivity index (χ2v) is 9.39. The number of anilines is 1. The van der Waals surface area contributed by atoms with Crippen molar-refractivity contribution in [1.29, 1.82) is 0 Å². The molecule has 0 unspecified atom stereocenters. The Morgan fingerprint density at radius 3 is 2.79 bits per heavy atom. The number of amides is 1. The van der Waals surface area contributed by atoms with Gasteiger partial charge < -0.3 is 15.8 Å². The van der Waals surface area contributed by atoms with Crippen LogP contribution in [-0.2, 0) is 29.0 Å². The third-order valence-corrected chi connectivity index (χ3v) is 7.04. The number of aromatic nitrogens is 2. The summed E-state index contributed by atoms with van der Waals surface area (Å²) in [6.07, 6.45) is 5.66. The number of nitrogens with two attached hydrogens (primary N) is 1. The van der Waals surface area contributed by atoms with Crippen LogP contribution < -0.4 is 11.1 Å². The minimum atomic E-state index is -0.546. The lowest BCUT2D eigenvalue weighted by Gasteiger charge is -2.07. The normalized spacial score (nSPS) is 13.7. The predicted molar refractivity (Wildman–Crippen MR) is 114 cm³/mol. The van der Waals surface area contributed by atoms with E-state index in [0.717, 1.165) is 34.4 Å². The largest absolute Gasteiger partial charge is 0.456 e. The summed E-state index contributed by atoms with van der Waals surface area (Å²) in [5.41, 5.74) is 7.49. The molecule has 3 aromatic heterocycles. The van der Waals surface area contributed by atoms with E-state index in [1.165, 1.54) is 34.6 Å². The first-order chi connectivity index (χ1) is 14.0. The Kier molecular flexibility index (Phi) is 5.77. The van der Waals surface area contributed by atoms with Gasteiger partial charge in [-0.15, -0.1) is 22.7 Å². The second kappa shape index (κ2) is 8.46. The van der Waals surface area contributed by atoms with Gasteiger partial charge in [0, 0.05) is 9.75 Å². The molecule has 3 heterocycles. The van der Waals surface area contributed by atoms with Crippen LogP contribution in [0.25, 0.3) is 10.2 Å². The third kappa shape index (κ3) is 4.40. The summed E-state index contributed by atoms with van der Waals surface area (Å²) in [4.78, 5) is 36.7. The van der Waals surface area contributed by atoms with Crippen LogP contribution in [0.4, 0.5) is 5.82 Å². The molecule has 0 bridgehead atoms. The number of fused-ring (bicyclic) bond motifs is 3. The molecule has 3 N–H and O–H groups in total. The lowest BCUT2D eigenvalue weighted by Crippen LogP contribution is -2.30. The van der Waals surface area contributed by atoms with Crippen LogP contribution in [0.1, 0.15) is 50.1 Å². The molecule has 1 aliphatic rings. The van der Waals surface area contributed by atoms with Crippen LogP contribution in [0, 0.1) is 6.92 Å². The molecule has 0 spiro atoms. The van der Waals surface area contributed by atoms with E-state index < -0.39 is 5.97 Å². The summed E-state index contributed by atoms with van der Waals surface area (Å²) in [5, 5.41) is 3.52. The summed E-state index contributed by atoms with van der Waals surface area (Å²) in [7, 11) is 0. The number of thiophene rings is 2. The molecular formula is C20H22N4O3S2. The zero-order valence-corrected chi connectivity index (χ0v) is 17.8. The second-order valence-electron chi connectivity index (χ2n) is 7.02. The fourth-order valence-electron chi connectivity index (χ4n) is 3.47. The number of nitrogen functional groups attached to an aromatic ring is 1. The number of carbonyl (C=O) groups excluding carboxylic acids is 2. The molecule has 0 aromatic carbocycles. The molecule has 0 saturated carbocycles. The Morgan fingerprint density at radius 1 is 1.17 bits per heavy atom. The average Bonchev–Trinajstić information content (AvgIpc) is 3.21. The Morgan fingerprint density at radius 2 is 2.00 bits per heavy atom. The number of hydrogen-bond acceptors (Lipinski definition) is 8. The lowest BCUT2D eigenvalue weighted by atomic mass is 10.1. The highest BCUT2D eigenvalue weighted by Crippen LogP contribution is 2.37. The fraction of sp³-hybridized carbons (Fsp3) is 0.400. The first-order valence-corrected chi connectivity index (χ1v) is 11.2. The van der Waals surface area contributed by atoms with Gasteiger partial charge in [-0.25, -0.2) is 9.97 Å². The van der Waals surface area contributed by atoms with E-state index in [2.05, 4.69) is 15.3 Å². The van der Waals surface area contributed by atoms with E-state index in [0.29, 0.717) is 16.5 Å². The molecule has 0 atom stereocenters. The van der Waals surface area contributed by atoms with Gasteiger partial charge in [-0.1, -0.05) is 6.42 Å². The van der Waals surface area contributed by atoms with Crippen LogP contribution in [0.3, 0.4) is 0 Å². The van der Waals surface area contributed by atoms with E-state index in [-0.39, 0.29) is 19.1 Å². The standard InChI is InChI=1S/C20H22N4O3S2/c1-11-7-8-14(28-11)19(26)22-9-16(25)27-10-15-23-18(21)17-12-5-3-2-4-6-13(12)29-20(17)24-15/h7-8H,2-6,9-10H2,1H3,(H,22,26)(H2,21,23,24). The van der Waals surface area contributed by atoms with Crippen molar-refractivity contribution in [3.05, 3.63) is 38.2 Å². The maximum absolute atomic E-state index is 12.0. The van der Waals surface area contributed by atoms with E-state index in [4.69, 9.17) is 10.5 Å². The molecular weight excluding hydrogens is 408 g/mol. The van der Waals surface area contributed by atoms with Crippen molar-refractivity contribution in [2.24, 2.45) is 0 Å². The monoisotopic (exact) mass is 430 g/mol. The Balaban J connectivity index is 1.38. The molecule has 1 amide bonds. The van der Waals surface area contributed by atoms with Gasteiger partial charge in [0.1, 0.15) is 17.2 Å². The third-order valence-electron chi connectivity index (χ3n) is 4.86. The lowest BCUT2D eigenvalue weighted by molar-refractivity contribution is -0.143. The van der Waals surface area contributed by atoms with Crippen molar-refractivity contribution in [3.8, 4) is 0 Å². The van der Waals surface area contributed by atoms with Crippen molar-refractivity contribution in [2.45, 2.75) is 45.6 Å². The zero-order valence-electron chi connectivity index (χ0n) is 16.1. The molecule has 3 aromatic rings. The summed E-state index contributed by atoms with van der Waals surface area (Å²) >= 11 is 3.04.